The highest BCUT2D eigenvalue weighted by Crippen LogP contribution is 2.26. The molecule has 0 radical (unpaired) electrons. The highest BCUT2D eigenvalue weighted by molar-refractivity contribution is 7.98. The minimum Gasteiger partial charge on any atom is -0.323 e. The van der Waals surface area contributed by atoms with Crippen molar-refractivity contribution in [3.8, 4) is 0 Å². The molecular formula is C24H24N2S. The monoisotopic (exact) mass is 372 g/mol. The minimum atomic E-state index is 0.561. The average Bonchev–Trinajstić information content (AvgIpc) is 3.05. The lowest BCUT2D eigenvalue weighted by atomic mass is 10.0. The Kier molecular flexibility index (Phi) is 5.30. The molecule has 0 unspecified atom stereocenters. The van der Waals surface area contributed by atoms with Crippen LogP contribution in [0.1, 0.15) is 36.7 Å². The lowest BCUT2D eigenvalue weighted by Gasteiger charge is -2.11. The molecule has 0 aliphatic heterocycles. The Labute approximate surface area is 165 Å². The number of thioether (sulfide) groups is 1. The maximum Gasteiger partial charge on any atom is 0.120 e. The summed E-state index contributed by atoms with van der Waals surface area (Å²) < 4.78 is 2.36. The summed E-state index contributed by atoms with van der Waals surface area (Å²) in [6.45, 7) is 5.32. The van der Waals surface area contributed by atoms with E-state index in [1.165, 1.54) is 21.5 Å². The predicted octanol–water partition coefficient (Wildman–Crippen LogP) is 6.50. The van der Waals surface area contributed by atoms with Gasteiger partial charge in [0.25, 0.3) is 0 Å². The van der Waals surface area contributed by atoms with Gasteiger partial charge in [0.1, 0.15) is 5.82 Å². The maximum atomic E-state index is 4.91. The predicted molar refractivity (Wildman–Crippen MR) is 115 cm³/mol. The fourth-order valence-corrected chi connectivity index (χ4v) is 4.13. The molecule has 1 aromatic heterocycles. The molecule has 3 heteroatoms. The first-order valence-corrected chi connectivity index (χ1v) is 10.4. The lowest BCUT2D eigenvalue weighted by Crippen LogP contribution is -2.04. The average molecular weight is 373 g/mol. The Balaban J connectivity index is 1.63. The maximum absolute atomic E-state index is 4.91. The van der Waals surface area contributed by atoms with Gasteiger partial charge in [-0.05, 0) is 41.3 Å². The van der Waals surface area contributed by atoms with Gasteiger partial charge in [-0.25, -0.2) is 4.98 Å². The fourth-order valence-electron chi connectivity index (χ4n) is 3.27. The molecule has 27 heavy (non-hydrogen) atoms. The fraction of sp³-hybridized carbons (Fsp3) is 0.208. The van der Waals surface area contributed by atoms with Crippen molar-refractivity contribution in [3.05, 3.63) is 95.8 Å². The van der Waals surface area contributed by atoms with Crippen molar-refractivity contribution < 1.29 is 0 Å². The highest BCUT2D eigenvalue weighted by atomic mass is 32.2. The molecule has 136 valence electrons. The molecule has 0 amide bonds. The van der Waals surface area contributed by atoms with Crippen LogP contribution in [0, 0.1) is 0 Å². The van der Waals surface area contributed by atoms with Crippen molar-refractivity contribution in [1.82, 2.24) is 9.55 Å². The molecule has 4 rings (SSSR count). The summed E-state index contributed by atoms with van der Waals surface area (Å²) in [5, 5.41) is 0. The molecule has 0 saturated carbocycles. The molecule has 2 nitrogen and oxygen atoms in total. The van der Waals surface area contributed by atoms with Crippen LogP contribution in [0.15, 0.2) is 83.8 Å². The summed E-state index contributed by atoms with van der Waals surface area (Å²) >= 11 is 1.84. The number of hydrogen-bond acceptors (Lipinski definition) is 2. The second-order valence-corrected chi connectivity index (χ2v) is 8.15. The lowest BCUT2D eigenvalue weighted by molar-refractivity contribution is 0.778. The van der Waals surface area contributed by atoms with Crippen LogP contribution < -0.4 is 0 Å². The smallest absolute Gasteiger partial charge is 0.120 e. The van der Waals surface area contributed by atoms with E-state index in [9.17, 15) is 0 Å². The van der Waals surface area contributed by atoms with E-state index in [2.05, 4.69) is 97.3 Å². The Bertz CT molecular complexity index is 1020. The number of fused-ring (bicyclic) bond motifs is 1. The first-order chi connectivity index (χ1) is 13.2. The molecule has 0 bridgehead atoms. The zero-order valence-electron chi connectivity index (χ0n) is 15.8. The summed E-state index contributed by atoms with van der Waals surface area (Å²) in [4.78, 5) is 6.19. The summed E-state index contributed by atoms with van der Waals surface area (Å²) in [6, 6.07) is 28.0. The van der Waals surface area contributed by atoms with Gasteiger partial charge in [-0.15, -0.1) is 11.8 Å². The molecule has 0 fully saturated rings. The minimum absolute atomic E-state index is 0.561. The molecule has 0 aliphatic rings. The van der Waals surface area contributed by atoms with Crippen LogP contribution in [-0.2, 0) is 12.3 Å². The van der Waals surface area contributed by atoms with Gasteiger partial charge < -0.3 is 4.57 Å². The first-order valence-electron chi connectivity index (χ1n) is 9.41. The zero-order valence-corrected chi connectivity index (χ0v) is 16.6. The zero-order chi connectivity index (χ0) is 18.6. The van der Waals surface area contributed by atoms with Crippen LogP contribution in [0.4, 0.5) is 0 Å². The molecule has 0 atom stereocenters. The van der Waals surface area contributed by atoms with E-state index >= 15 is 0 Å². The second kappa shape index (κ2) is 8.01. The number of para-hydroxylation sites is 2. The van der Waals surface area contributed by atoms with E-state index in [0.717, 1.165) is 23.6 Å². The second-order valence-electron chi connectivity index (χ2n) is 7.10. The summed E-state index contributed by atoms with van der Waals surface area (Å²) in [5.74, 6) is 2.55. The van der Waals surface area contributed by atoms with Crippen molar-refractivity contribution in [3.63, 3.8) is 0 Å². The number of benzene rings is 3. The van der Waals surface area contributed by atoms with Crippen molar-refractivity contribution in [2.75, 3.05) is 0 Å². The molecule has 0 aliphatic carbocycles. The van der Waals surface area contributed by atoms with Crippen molar-refractivity contribution in [1.29, 1.82) is 0 Å². The summed E-state index contributed by atoms with van der Waals surface area (Å²) in [6.07, 6.45) is 0. The molecule has 4 aromatic rings. The molecule has 0 N–H and O–H groups in total. The summed E-state index contributed by atoms with van der Waals surface area (Å²) in [5.41, 5.74) is 4.97. The Morgan fingerprint density at radius 2 is 1.56 bits per heavy atom. The van der Waals surface area contributed by atoms with Crippen molar-refractivity contribution in [2.45, 2.75) is 37.0 Å². The van der Waals surface area contributed by atoms with E-state index in [4.69, 9.17) is 4.98 Å². The standard InChI is InChI=1S/C24H24N2S/c1-18(2)20-14-12-19(13-15-20)16-26-23-11-7-6-10-22(23)25-24(26)17-27-21-8-4-3-5-9-21/h3-15,18H,16-17H2,1-2H3. The molecule has 0 spiro atoms. The van der Waals surface area contributed by atoms with Crippen LogP contribution in [0.2, 0.25) is 0 Å². The molecule has 3 aromatic carbocycles. The van der Waals surface area contributed by atoms with Gasteiger partial charge in [0.05, 0.1) is 16.8 Å². The third kappa shape index (κ3) is 4.09. The van der Waals surface area contributed by atoms with E-state index in [-0.39, 0.29) is 0 Å². The number of imidazole rings is 1. The number of nitrogens with zero attached hydrogens (tertiary/aromatic N) is 2. The largest absolute Gasteiger partial charge is 0.323 e. The highest BCUT2D eigenvalue weighted by Gasteiger charge is 2.11. The normalized spacial score (nSPS) is 11.4. The van der Waals surface area contributed by atoms with Crippen molar-refractivity contribution >= 4 is 22.8 Å². The number of rotatable bonds is 6. The number of hydrogen-bond donors (Lipinski definition) is 0. The summed E-state index contributed by atoms with van der Waals surface area (Å²) in [7, 11) is 0. The van der Waals surface area contributed by atoms with Crippen LogP contribution in [0.25, 0.3) is 11.0 Å². The van der Waals surface area contributed by atoms with E-state index in [0.29, 0.717) is 5.92 Å². The van der Waals surface area contributed by atoms with Gasteiger partial charge in [-0.2, -0.15) is 0 Å². The van der Waals surface area contributed by atoms with E-state index in [1.54, 1.807) is 0 Å². The molecular weight excluding hydrogens is 348 g/mol. The third-order valence-electron chi connectivity index (χ3n) is 4.83. The Morgan fingerprint density at radius 3 is 2.30 bits per heavy atom. The van der Waals surface area contributed by atoms with Crippen LogP contribution in [-0.4, -0.2) is 9.55 Å². The van der Waals surface area contributed by atoms with Crippen LogP contribution >= 0.6 is 11.8 Å². The first kappa shape index (κ1) is 17.9. The van der Waals surface area contributed by atoms with Gasteiger partial charge in [0.15, 0.2) is 0 Å². The SMILES string of the molecule is CC(C)c1ccc(Cn2c(CSc3ccccc3)nc3ccccc32)cc1. The van der Waals surface area contributed by atoms with Gasteiger partial charge in [0, 0.05) is 11.4 Å². The van der Waals surface area contributed by atoms with E-state index in [1.807, 2.05) is 11.8 Å². The topological polar surface area (TPSA) is 17.8 Å². The van der Waals surface area contributed by atoms with E-state index < -0.39 is 0 Å². The third-order valence-corrected chi connectivity index (χ3v) is 5.84. The van der Waals surface area contributed by atoms with Gasteiger partial charge in [-0.3, -0.25) is 0 Å². The van der Waals surface area contributed by atoms with Gasteiger partial charge in [0.2, 0.25) is 0 Å². The van der Waals surface area contributed by atoms with Crippen LogP contribution in [0.3, 0.4) is 0 Å². The van der Waals surface area contributed by atoms with Gasteiger partial charge >= 0.3 is 0 Å². The van der Waals surface area contributed by atoms with Crippen LogP contribution in [0.5, 0.6) is 0 Å². The quantitative estimate of drug-likeness (QED) is 0.359. The van der Waals surface area contributed by atoms with Gasteiger partial charge in [-0.1, -0.05) is 68.4 Å². The Morgan fingerprint density at radius 1 is 0.852 bits per heavy atom. The van der Waals surface area contributed by atoms with Crippen molar-refractivity contribution in [2.24, 2.45) is 0 Å². The molecule has 0 saturated heterocycles. The Hall–Kier alpha value is -2.52. The number of aromatic nitrogens is 2. The molecule has 1 heterocycles.